The van der Waals surface area contributed by atoms with Crippen LogP contribution in [0.2, 0.25) is 0 Å². The molecule has 2 aromatic rings. The van der Waals surface area contributed by atoms with Crippen molar-refractivity contribution in [2.24, 2.45) is 11.8 Å². The summed E-state index contributed by atoms with van der Waals surface area (Å²) < 4.78 is 10.4. The van der Waals surface area contributed by atoms with Gasteiger partial charge in [0.05, 0.1) is 12.7 Å². The van der Waals surface area contributed by atoms with E-state index in [2.05, 4.69) is 4.98 Å². The van der Waals surface area contributed by atoms with Crippen LogP contribution in [0.5, 0.6) is 0 Å². The van der Waals surface area contributed by atoms with Crippen molar-refractivity contribution < 1.29 is 14.3 Å². The second-order valence-electron chi connectivity index (χ2n) is 6.79. The van der Waals surface area contributed by atoms with Crippen molar-refractivity contribution in [3.63, 3.8) is 0 Å². The quantitative estimate of drug-likeness (QED) is 0.864. The van der Waals surface area contributed by atoms with Crippen molar-refractivity contribution in [1.29, 1.82) is 0 Å². The van der Waals surface area contributed by atoms with Crippen LogP contribution in [0, 0.1) is 11.8 Å². The first-order chi connectivity index (χ1) is 11.3. The maximum Gasteiger partial charge on any atom is 0.337 e. The number of ether oxygens (including phenoxy) is 2. The Kier molecular flexibility index (Phi) is 3.85. The van der Waals surface area contributed by atoms with Crippen LogP contribution in [-0.4, -0.2) is 31.3 Å². The fourth-order valence-corrected chi connectivity index (χ4v) is 4.28. The summed E-state index contributed by atoms with van der Waals surface area (Å²) in [6.45, 7) is 1.82. The van der Waals surface area contributed by atoms with E-state index < -0.39 is 0 Å². The first kappa shape index (κ1) is 14.8. The van der Waals surface area contributed by atoms with Crippen LogP contribution in [0.3, 0.4) is 0 Å². The Hall–Kier alpha value is -1.81. The third-order valence-corrected chi connectivity index (χ3v) is 5.58. The van der Waals surface area contributed by atoms with Crippen molar-refractivity contribution in [3.05, 3.63) is 35.0 Å². The summed E-state index contributed by atoms with van der Waals surface area (Å²) in [5, 5.41) is 1.19. The number of nitrogens with one attached hydrogen (secondary N) is 1. The molecule has 4 rings (SSSR count). The molecule has 1 aliphatic carbocycles. The predicted octanol–water partition coefficient (Wildman–Crippen LogP) is 3.49. The van der Waals surface area contributed by atoms with E-state index in [0.29, 0.717) is 5.56 Å². The number of benzene rings is 1. The number of rotatable bonds is 2. The van der Waals surface area contributed by atoms with Gasteiger partial charge in [0.2, 0.25) is 0 Å². The molecule has 1 aromatic carbocycles. The molecule has 0 amide bonds. The number of carbonyl (C=O) groups excluding carboxylic acids is 1. The molecule has 0 radical (unpaired) electrons. The van der Waals surface area contributed by atoms with Crippen LogP contribution in [0.4, 0.5) is 0 Å². The number of H-pyrrole nitrogens is 1. The number of methoxy groups -OCH3 is 1. The molecule has 1 saturated heterocycles. The van der Waals surface area contributed by atoms with E-state index >= 15 is 0 Å². The number of esters is 1. The molecule has 0 saturated carbocycles. The summed E-state index contributed by atoms with van der Waals surface area (Å²) in [4.78, 5) is 15.4. The normalized spacial score (nSPS) is 22.0. The summed E-state index contributed by atoms with van der Waals surface area (Å²) in [5.41, 5.74) is 4.53. The van der Waals surface area contributed by atoms with Gasteiger partial charge < -0.3 is 14.5 Å². The van der Waals surface area contributed by atoms with Gasteiger partial charge in [0.1, 0.15) is 0 Å². The van der Waals surface area contributed by atoms with Crippen LogP contribution in [0.15, 0.2) is 18.2 Å². The van der Waals surface area contributed by atoms with Crippen LogP contribution < -0.4 is 0 Å². The van der Waals surface area contributed by atoms with Crippen LogP contribution in [-0.2, 0) is 22.3 Å². The fraction of sp³-hybridized carbons (Fsp3) is 0.526. The molecule has 1 fully saturated rings. The highest BCUT2D eigenvalue weighted by Crippen LogP contribution is 2.38. The number of carbonyl (C=O) groups is 1. The highest BCUT2D eigenvalue weighted by atomic mass is 16.5. The van der Waals surface area contributed by atoms with Crippen molar-refractivity contribution in [3.8, 4) is 0 Å². The van der Waals surface area contributed by atoms with Gasteiger partial charge in [0, 0.05) is 29.8 Å². The Morgan fingerprint density at radius 3 is 2.83 bits per heavy atom. The summed E-state index contributed by atoms with van der Waals surface area (Å²) in [6, 6.07) is 5.83. The highest BCUT2D eigenvalue weighted by molar-refractivity contribution is 5.96. The van der Waals surface area contributed by atoms with Crippen LogP contribution >= 0.6 is 0 Å². The molecule has 1 atom stereocenters. The van der Waals surface area contributed by atoms with E-state index in [9.17, 15) is 4.79 Å². The third-order valence-electron chi connectivity index (χ3n) is 5.58. The molecule has 23 heavy (non-hydrogen) atoms. The standard InChI is InChI=1S/C19H23NO3/c1-22-19(21)14-3-5-18-16(11-14)15-10-13(2-4-17(15)20-18)12-6-8-23-9-7-12/h3,5,11-13,20H,2,4,6-10H2,1H3/t13-/m1/s1. The zero-order valence-electron chi connectivity index (χ0n) is 13.6. The van der Waals surface area contributed by atoms with Crippen molar-refractivity contribution >= 4 is 16.9 Å². The number of aromatic nitrogens is 1. The lowest BCUT2D eigenvalue weighted by Crippen LogP contribution is -2.27. The summed E-state index contributed by atoms with van der Waals surface area (Å²) in [7, 11) is 1.43. The molecule has 0 unspecified atom stereocenters. The minimum absolute atomic E-state index is 0.265. The van der Waals surface area contributed by atoms with Gasteiger partial charge >= 0.3 is 5.97 Å². The Morgan fingerprint density at radius 1 is 1.22 bits per heavy atom. The SMILES string of the molecule is COC(=O)c1ccc2[nH]c3c(c2c1)C[C@H](C1CCOCC1)CC3. The van der Waals surface area contributed by atoms with Gasteiger partial charge in [0.25, 0.3) is 0 Å². The molecule has 1 aliphatic heterocycles. The maximum absolute atomic E-state index is 11.8. The van der Waals surface area contributed by atoms with E-state index in [4.69, 9.17) is 9.47 Å². The molecule has 0 spiro atoms. The lowest BCUT2D eigenvalue weighted by molar-refractivity contribution is 0.0439. The van der Waals surface area contributed by atoms with E-state index in [1.807, 2.05) is 18.2 Å². The summed E-state index contributed by atoms with van der Waals surface area (Å²) in [6.07, 6.45) is 5.87. The van der Waals surface area contributed by atoms with Gasteiger partial charge in [-0.1, -0.05) is 0 Å². The minimum Gasteiger partial charge on any atom is -0.465 e. The molecule has 122 valence electrons. The monoisotopic (exact) mass is 313 g/mol. The molecular formula is C19H23NO3. The lowest BCUT2D eigenvalue weighted by Gasteiger charge is -2.33. The summed E-state index contributed by atoms with van der Waals surface area (Å²) in [5.74, 6) is 1.26. The maximum atomic E-state index is 11.8. The fourth-order valence-electron chi connectivity index (χ4n) is 4.28. The van der Waals surface area contributed by atoms with Gasteiger partial charge in [-0.25, -0.2) is 4.79 Å². The summed E-state index contributed by atoms with van der Waals surface area (Å²) >= 11 is 0. The molecule has 4 nitrogen and oxygen atoms in total. The Balaban J connectivity index is 1.67. The predicted molar refractivity (Wildman–Crippen MR) is 88.7 cm³/mol. The van der Waals surface area contributed by atoms with E-state index in [-0.39, 0.29) is 5.97 Å². The van der Waals surface area contributed by atoms with E-state index in [0.717, 1.165) is 43.4 Å². The zero-order chi connectivity index (χ0) is 15.8. The van der Waals surface area contributed by atoms with Crippen LogP contribution in [0.25, 0.3) is 10.9 Å². The minimum atomic E-state index is -0.265. The Bertz CT molecular complexity index is 728. The van der Waals surface area contributed by atoms with Gasteiger partial charge in [0.15, 0.2) is 0 Å². The largest absolute Gasteiger partial charge is 0.465 e. The van der Waals surface area contributed by atoms with Gasteiger partial charge in [-0.05, 0) is 67.7 Å². The Morgan fingerprint density at radius 2 is 2.04 bits per heavy atom. The van der Waals surface area contributed by atoms with Crippen molar-refractivity contribution in [1.82, 2.24) is 4.98 Å². The average molecular weight is 313 g/mol. The first-order valence-electron chi connectivity index (χ1n) is 8.56. The molecule has 1 aromatic heterocycles. The first-order valence-corrected chi connectivity index (χ1v) is 8.56. The van der Waals surface area contributed by atoms with Gasteiger partial charge in [-0.15, -0.1) is 0 Å². The molecule has 2 aliphatic rings. The molecule has 4 heteroatoms. The van der Waals surface area contributed by atoms with Crippen LogP contribution in [0.1, 0.15) is 40.9 Å². The topological polar surface area (TPSA) is 51.3 Å². The second-order valence-corrected chi connectivity index (χ2v) is 6.79. The highest BCUT2D eigenvalue weighted by Gasteiger charge is 2.29. The molecular weight excluding hydrogens is 290 g/mol. The zero-order valence-corrected chi connectivity index (χ0v) is 13.6. The average Bonchev–Trinajstić information content (AvgIpc) is 2.98. The molecule has 2 heterocycles. The second kappa shape index (κ2) is 6.00. The number of hydrogen-bond donors (Lipinski definition) is 1. The number of aryl methyl sites for hydroxylation is 1. The van der Waals surface area contributed by atoms with E-state index in [1.54, 1.807) is 0 Å². The molecule has 0 bridgehead atoms. The Labute approximate surface area is 136 Å². The smallest absolute Gasteiger partial charge is 0.337 e. The van der Waals surface area contributed by atoms with Crippen molar-refractivity contribution in [2.75, 3.05) is 20.3 Å². The van der Waals surface area contributed by atoms with E-state index in [1.165, 1.54) is 43.0 Å². The number of hydrogen-bond acceptors (Lipinski definition) is 3. The third kappa shape index (κ3) is 2.65. The molecule has 1 N–H and O–H groups in total. The number of aromatic amines is 1. The van der Waals surface area contributed by atoms with Gasteiger partial charge in [-0.2, -0.15) is 0 Å². The van der Waals surface area contributed by atoms with Gasteiger partial charge in [-0.3, -0.25) is 0 Å². The van der Waals surface area contributed by atoms with Crippen molar-refractivity contribution in [2.45, 2.75) is 32.1 Å². The lowest BCUT2D eigenvalue weighted by atomic mass is 9.75. The number of fused-ring (bicyclic) bond motifs is 3.